The third-order valence-electron chi connectivity index (χ3n) is 3.31. The Hall–Kier alpha value is -0.310. The molecule has 0 aromatic carbocycles. The Bertz CT molecular complexity index is 380. The second-order valence-electron chi connectivity index (χ2n) is 5.90. The lowest BCUT2D eigenvalue weighted by Crippen LogP contribution is -2.61. The number of hydrogen-bond donors (Lipinski definition) is 0. The fraction of sp³-hybridized carbons (Fsp3) is 0.786. The van der Waals surface area contributed by atoms with Crippen LogP contribution in [0.5, 0.6) is 0 Å². The van der Waals surface area contributed by atoms with Crippen LogP contribution in [0.4, 0.5) is 0 Å². The summed E-state index contributed by atoms with van der Waals surface area (Å²) in [6, 6.07) is 0. The van der Waals surface area contributed by atoms with Crippen molar-refractivity contribution in [2.75, 3.05) is 19.1 Å². The summed E-state index contributed by atoms with van der Waals surface area (Å²) < 4.78 is 42.2. The molecule has 6 nitrogen and oxygen atoms in total. The Balaban J connectivity index is 4.53. The second kappa shape index (κ2) is 9.10. The quantitative estimate of drug-likeness (QED) is 0.408. The van der Waals surface area contributed by atoms with E-state index in [1.807, 2.05) is 6.92 Å². The maximum atomic E-state index is 10.9. The normalized spacial score (nSPS) is 16.0. The van der Waals surface area contributed by atoms with Gasteiger partial charge in [-0.15, -0.1) is 0 Å². The summed E-state index contributed by atoms with van der Waals surface area (Å²) in [4.78, 5) is 10.7. The molecule has 2 atom stereocenters. The number of halogens is 1. The van der Waals surface area contributed by atoms with Gasteiger partial charge >= 0.3 is 5.97 Å². The minimum atomic E-state index is -4.45. The summed E-state index contributed by atoms with van der Waals surface area (Å²) in [5, 5.41) is -0.181. The molecule has 0 aromatic heterocycles. The lowest BCUT2D eigenvalue weighted by Gasteiger charge is -2.34. The first-order valence-corrected chi connectivity index (χ1v) is 10.6. The van der Waals surface area contributed by atoms with Gasteiger partial charge in [-0.2, -0.15) is 14.0 Å². The van der Waals surface area contributed by atoms with Crippen LogP contribution in [0.3, 0.4) is 0 Å². The van der Waals surface area contributed by atoms with Gasteiger partial charge in [0.05, 0.1) is 16.9 Å². The van der Waals surface area contributed by atoms with Crippen molar-refractivity contribution in [2.45, 2.75) is 45.3 Å². The van der Waals surface area contributed by atoms with E-state index in [9.17, 15) is 18.8 Å². The lowest BCUT2D eigenvalue weighted by molar-refractivity contribution is -1.91. The number of hydrogen-bond acceptors (Lipinski definition) is 6. The van der Waals surface area contributed by atoms with Crippen molar-refractivity contribution in [3.63, 3.8) is 0 Å². The van der Waals surface area contributed by atoms with E-state index in [0.717, 1.165) is 18.4 Å². The molecule has 0 aromatic rings. The molecule has 0 aliphatic rings. The molecular formula is C14H27ClO6S. The van der Waals surface area contributed by atoms with Crippen LogP contribution in [0, 0.1) is 16.2 Å². The van der Waals surface area contributed by atoms with Crippen molar-refractivity contribution >= 4 is 16.3 Å². The van der Waals surface area contributed by atoms with Gasteiger partial charge in [0.1, 0.15) is 3.74 Å². The first-order valence-electron chi connectivity index (χ1n) is 6.98. The van der Waals surface area contributed by atoms with Crippen molar-refractivity contribution in [3.8, 4) is 0 Å². The average Bonchev–Trinajstić information content (AvgIpc) is 2.23. The van der Waals surface area contributed by atoms with Gasteiger partial charge < -0.3 is 4.74 Å². The van der Waals surface area contributed by atoms with Gasteiger partial charge in [0.2, 0.25) is 0 Å². The van der Waals surface area contributed by atoms with Crippen LogP contribution in [0.1, 0.15) is 40.0 Å². The zero-order valence-electron chi connectivity index (χ0n) is 13.9. The standard InChI is InChI=1S/C14H27ClO6S/c1-11(2)14(22(5,6)21-15(17,18)19)8-7-12(3)9-10-20-13(4)16/h12,14H,1,7-10H2,2-6H3. The summed E-state index contributed by atoms with van der Waals surface area (Å²) in [5.41, 5.74) is 0.797. The van der Waals surface area contributed by atoms with Crippen molar-refractivity contribution < 1.29 is 37.5 Å². The highest BCUT2D eigenvalue weighted by Crippen LogP contribution is 2.52. The highest BCUT2D eigenvalue weighted by atomic mass is 35.7. The first-order chi connectivity index (χ1) is 9.85. The monoisotopic (exact) mass is 358 g/mol. The Labute approximate surface area is 136 Å². The van der Waals surface area contributed by atoms with Crippen LogP contribution in [-0.4, -0.2) is 30.3 Å². The number of rotatable bonds is 10. The van der Waals surface area contributed by atoms with E-state index in [0.29, 0.717) is 18.9 Å². The average molecular weight is 359 g/mol. The fourth-order valence-corrected chi connectivity index (χ4v) is 5.86. The number of carbonyl (C=O) groups is 1. The molecule has 2 unspecified atom stereocenters. The molecule has 0 spiro atoms. The highest BCUT2D eigenvalue weighted by molar-refractivity contribution is 8.29. The van der Waals surface area contributed by atoms with E-state index in [1.165, 1.54) is 6.92 Å². The highest BCUT2D eigenvalue weighted by Gasteiger charge is 2.39. The van der Waals surface area contributed by atoms with Crippen molar-refractivity contribution in [2.24, 2.45) is 5.92 Å². The summed E-state index contributed by atoms with van der Waals surface area (Å²) in [6.07, 6.45) is 5.51. The summed E-state index contributed by atoms with van der Waals surface area (Å²) in [6.45, 7) is 9.46. The first kappa shape index (κ1) is 21.7. The Morgan fingerprint density at radius 3 is 2.14 bits per heavy atom. The predicted molar refractivity (Wildman–Crippen MR) is 78.8 cm³/mol. The molecule has 0 bridgehead atoms. The van der Waals surface area contributed by atoms with Crippen LogP contribution in [0.15, 0.2) is 12.2 Å². The molecule has 0 radical (unpaired) electrons. The number of ether oxygens (including phenoxy) is 1. The van der Waals surface area contributed by atoms with Crippen LogP contribution >= 0.6 is 10.3 Å². The van der Waals surface area contributed by atoms with Crippen molar-refractivity contribution in [1.29, 1.82) is 0 Å². The molecule has 0 aliphatic carbocycles. The number of carbonyl (C=O) groups excluding carboxylic acids is 1. The van der Waals surface area contributed by atoms with Crippen molar-refractivity contribution in [1.82, 2.24) is 0 Å². The largest absolute Gasteiger partial charge is 0.466 e. The summed E-state index contributed by atoms with van der Waals surface area (Å²) >= 11 is 0. The van der Waals surface area contributed by atoms with Crippen LogP contribution < -0.4 is 14.0 Å². The minimum absolute atomic E-state index is 0.181. The zero-order valence-corrected chi connectivity index (χ0v) is 15.5. The van der Waals surface area contributed by atoms with Gasteiger partial charge in [-0.3, -0.25) is 4.79 Å². The maximum Gasteiger partial charge on any atom is 0.302 e. The lowest BCUT2D eigenvalue weighted by atomic mass is 9.99. The molecule has 132 valence electrons. The molecule has 0 fully saturated rings. The molecule has 22 heavy (non-hydrogen) atoms. The van der Waals surface area contributed by atoms with Gasteiger partial charge in [0.15, 0.2) is 0 Å². The smallest absolute Gasteiger partial charge is 0.302 e. The fourth-order valence-electron chi connectivity index (χ4n) is 2.24. The Morgan fingerprint density at radius 1 is 1.18 bits per heavy atom. The second-order valence-corrected chi connectivity index (χ2v) is 10.3. The molecule has 0 aliphatic heterocycles. The van der Waals surface area contributed by atoms with E-state index >= 15 is 0 Å². The molecule has 0 rings (SSSR count). The molecule has 8 heteroatoms. The van der Waals surface area contributed by atoms with E-state index in [4.69, 9.17) is 8.47 Å². The van der Waals surface area contributed by atoms with E-state index in [1.54, 1.807) is 19.4 Å². The van der Waals surface area contributed by atoms with Crippen molar-refractivity contribution in [3.05, 3.63) is 12.2 Å². The minimum Gasteiger partial charge on any atom is -0.466 e. The van der Waals surface area contributed by atoms with Gasteiger partial charge in [-0.25, -0.2) is 0 Å². The van der Waals surface area contributed by atoms with E-state index < -0.39 is 20.6 Å². The maximum absolute atomic E-state index is 10.9. The molecule has 0 amide bonds. The van der Waals surface area contributed by atoms with Crippen LogP contribution in [-0.2, 0) is 13.3 Å². The molecular weight excluding hydrogens is 332 g/mol. The van der Waals surface area contributed by atoms with Gasteiger partial charge in [0.25, 0.3) is 0 Å². The van der Waals surface area contributed by atoms with Crippen LogP contribution in [0.25, 0.3) is 0 Å². The predicted octanol–water partition coefficient (Wildman–Crippen LogP) is 0.194. The summed E-state index contributed by atoms with van der Waals surface area (Å²) in [5.74, 6) is 0.00320. The molecule has 0 N–H and O–H groups in total. The Kier molecular flexibility index (Phi) is 8.97. The van der Waals surface area contributed by atoms with Gasteiger partial charge in [-0.1, -0.05) is 19.1 Å². The van der Waals surface area contributed by atoms with E-state index in [-0.39, 0.29) is 11.2 Å². The Morgan fingerprint density at radius 2 is 1.73 bits per heavy atom. The van der Waals surface area contributed by atoms with Crippen LogP contribution in [0.2, 0.25) is 0 Å². The van der Waals surface area contributed by atoms with Gasteiger partial charge in [-0.05, 0) is 32.1 Å². The number of esters is 1. The third kappa shape index (κ3) is 9.66. The van der Waals surface area contributed by atoms with E-state index in [2.05, 4.69) is 6.58 Å². The topological polar surface area (TPSA) is 105 Å². The molecule has 0 heterocycles. The molecule has 0 saturated heterocycles. The van der Waals surface area contributed by atoms with Gasteiger partial charge in [0, 0.05) is 35.0 Å². The summed E-state index contributed by atoms with van der Waals surface area (Å²) in [7, 11) is -6.56. The third-order valence-corrected chi connectivity index (χ3v) is 7.24. The SMILES string of the molecule is C=C(C)C(CCC(C)CCOC(C)=O)S(C)(C)O[Cl+3]([O-])([O-])[O-]. The molecule has 0 saturated carbocycles. The zero-order chi connectivity index (χ0) is 17.6.